The second-order valence-electron chi connectivity index (χ2n) is 9.09. The lowest BCUT2D eigenvalue weighted by molar-refractivity contribution is -0.114. The molecule has 0 aromatic heterocycles. The third kappa shape index (κ3) is 5.80. The predicted octanol–water partition coefficient (Wildman–Crippen LogP) is 7.25. The quantitative estimate of drug-likeness (QED) is 0.443. The summed E-state index contributed by atoms with van der Waals surface area (Å²) in [6.07, 6.45) is 17.3. The molecule has 2 aliphatic carbocycles. The summed E-state index contributed by atoms with van der Waals surface area (Å²) in [6, 6.07) is 9.09. The van der Waals surface area contributed by atoms with Gasteiger partial charge in [0.2, 0.25) is 0 Å². The Labute approximate surface area is 166 Å². The van der Waals surface area contributed by atoms with Gasteiger partial charge < -0.3 is 0 Å². The van der Waals surface area contributed by atoms with Crippen LogP contribution in [0.1, 0.15) is 94.6 Å². The van der Waals surface area contributed by atoms with Crippen molar-refractivity contribution in [1.82, 2.24) is 0 Å². The van der Waals surface area contributed by atoms with Gasteiger partial charge in [0.1, 0.15) is 0 Å². The highest BCUT2D eigenvalue weighted by atomic mass is 16.1. The molecule has 0 saturated heterocycles. The third-order valence-electron chi connectivity index (χ3n) is 7.37. The van der Waals surface area contributed by atoms with Gasteiger partial charge in [-0.1, -0.05) is 63.5 Å². The topological polar surface area (TPSA) is 17.1 Å². The Bertz CT molecular complexity index is 583. The molecule has 1 aromatic rings. The zero-order valence-corrected chi connectivity index (χ0v) is 17.3. The van der Waals surface area contributed by atoms with E-state index in [2.05, 4.69) is 37.8 Å². The Morgan fingerprint density at radius 3 is 2.11 bits per heavy atom. The first-order valence-corrected chi connectivity index (χ1v) is 11.4. The van der Waals surface area contributed by atoms with E-state index in [-0.39, 0.29) is 5.78 Å². The van der Waals surface area contributed by atoms with E-state index in [1.54, 1.807) is 0 Å². The van der Waals surface area contributed by atoms with Crippen LogP contribution in [0.2, 0.25) is 0 Å². The summed E-state index contributed by atoms with van der Waals surface area (Å²) in [5.74, 6) is 3.93. The fourth-order valence-corrected chi connectivity index (χ4v) is 5.61. The maximum atomic E-state index is 11.4. The zero-order valence-electron chi connectivity index (χ0n) is 17.3. The van der Waals surface area contributed by atoms with Crippen LogP contribution in [0.3, 0.4) is 0 Å². The van der Waals surface area contributed by atoms with Crippen LogP contribution >= 0.6 is 0 Å². The second kappa shape index (κ2) is 10.2. The van der Waals surface area contributed by atoms with Crippen molar-refractivity contribution < 1.29 is 4.79 Å². The number of carbonyl (C=O) groups excluding carboxylic acids is 1. The molecular formula is C26H38O. The molecule has 0 spiro atoms. The fraction of sp³-hybridized carbons (Fsp3) is 0.654. The van der Waals surface area contributed by atoms with Crippen molar-refractivity contribution in [2.45, 2.75) is 89.9 Å². The molecule has 0 aliphatic heterocycles. The highest BCUT2D eigenvalue weighted by molar-refractivity contribution is 5.89. The normalized spacial score (nSPS) is 28.6. The molecule has 2 fully saturated rings. The number of aryl methyl sites for hydroxylation is 1. The van der Waals surface area contributed by atoms with Crippen LogP contribution in [0.4, 0.5) is 0 Å². The van der Waals surface area contributed by atoms with Crippen LogP contribution < -0.4 is 0 Å². The summed E-state index contributed by atoms with van der Waals surface area (Å²) in [7, 11) is 0. The van der Waals surface area contributed by atoms with E-state index in [9.17, 15) is 4.79 Å². The molecule has 3 rings (SSSR count). The largest absolute Gasteiger partial charge is 0.295 e. The summed E-state index contributed by atoms with van der Waals surface area (Å²) in [5.41, 5.74) is 2.78. The average Bonchev–Trinajstić information content (AvgIpc) is 2.73. The maximum absolute atomic E-state index is 11.4. The van der Waals surface area contributed by atoms with E-state index in [0.717, 1.165) is 30.1 Å². The summed E-state index contributed by atoms with van der Waals surface area (Å²) in [4.78, 5) is 11.4. The summed E-state index contributed by atoms with van der Waals surface area (Å²) in [6.45, 7) is 5.88. The van der Waals surface area contributed by atoms with E-state index >= 15 is 0 Å². The monoisotopic (exact) mass is 366 g/mol. The molecule has 0 radical (unpaired) electrons. The lowest BCUT2D eigenvalue weighted by Crippen LogP contribution is -2.25. The van der Waals surface area contributed by atoms with Gasteiger partial charge in [-0.15, -0.1) is 0 Å². The van der Waals surface area contributed by atoms with Gasteiger partial charge in [-0.3, -0.25) is 4.79 Å². The van der Waals surface area contributed by atoms with Crippen LogP contribution in [0.5, 0.6) is 0 Å². The highest BCUT2D eigenvalue weighted by Gasteiger charge is 2.31. The van der Waals surface area contributed by atoms with E-state index in [0.29, 0.717) is 6.42 Å². The average molecular weight is 367 g/mol. The molecule has 0 heterocycles. The summed E-state index contributed by atoms with van der Waals surface area (Å²) >= 11 is 0. The smallest absolute Gasteiger partial charge is 0.155 e. The molecule has 0 amide bonds. The van der Waals surface area contributed by atoms with Crippen molar-refractivity contribution in [3.63, 3.8) is 0 Å². The van der Waals surface area contributed by atoms with Gasteiger partial charge in [0.25, 0.3) is 0 Å². The number of rotatable bonds is 8. The Morgan fingerprint density at radius 1 is 0.963 bits per heavy atom. The zero-order chi connectivity index (χ0) is 19.1. The third-order valence-corrected chi connectivity index (χ3v) is 7.37. The first-order valence-electron chi connectivity index (χ1n) is 11.4. The van der Waals surface area contributed by atoms with Gasteiger partial charge in [-0.2, -0.15) is 0 Å². The molecule has 1 aromatic carbocycles. The van der Waals surface area contributed by atoms with Gasteiger partial charge in [0.05, 0.1) is 0 Å². The molecule has 0 atom stereocenters. The second-order valence-corrected chi connectivity index (χ2v) is 9.09. The molecule has 0 unspecified atom stereocenters. The Hall–Kier alpha value is -1.37. The highest BCUT2D eigenvalue weighted by Crippen LogP contribution is 2.44. The predicted molar refractivity (Wildman–Crippen MR) is 115 cm³/mol. The van der Waals surface area contributed by atoms with Gasteiger partial charge in [-0.25, -0.2) is 0 Å². The molecule has 2 aliphatic rings. The Balaban J connectivity index is 1.44. The van der Waals surface area contributed by atoms with Crippen LogP contribution in [-0.4, -0.2) is 5.78 Å². The number of hydrogen-bond acceptors (Lipinski definition) is 1. The van der Waals surface area contributed by atoms with Gasteiger partial charge >= 0.3 is 0 Å². The molecule has 2 saturated carbocycles. The van der Waals surface area contributed by atoms with Crippen molar-refractivity contribution in [2.24, 2.45) is 17.8 Å². The first kappa shape index (κ1) is 20.4. The molecule has 1 heteroatoms. The molecule has 27 heavy (non-hydrogen) atoms. The van der Waals surface area contributed by atoms with Gasteiger partial charge in [0, 0.05) is 6.42 Å². The standard InChI is InChI=1S/C26H38O/c1-3-5-20-6-11-22(12-7-20)24-15-17-25(18-16-24)23-13-8-21(9-14-23)10-19-26(27)4-2/h4,8-9,13-14,20,22,24-25H,2-3,5-7,10-12,15-19H2,1H3. The lowest BCUT2D eigenvalue weighted by Gasteiger charge is -2.38. The van der Waals surface area contributed by atoms with Crippen molar-refractivity contribution in [1.29, 1.82) is 0 Å². The van der Waals surface area contributed by atoms with E-state index in [1.807, 2.05) is 0 Å². The molecule has 0 N–H and O–H groups in total. The Morgan fingerprint density at radius 2 is 1.56 bits per heavy atom. The van der Waals surface area contributed by atoms with E-state index in [4.69, 9.17) is 0 Å². The summed E-state index contributed by atoms with van der Waals surface area (Å²) < 4.78 is 0. The number of hydrogen-bond donors (Lipinski definition) is 0. The number of ketones is 1. The minimum Gasteiger partial charge on any atom is -0.295 e. The van der Waals surface area contributed by atoms with Crippen molar-refractivity contribution >= 4 is 5.78 Å². The van der Waals surface area contributed by atoms with Gasteiger partial charge in [0.15, 0.2) is 5.78 Å². The first-order chi connectivity index (χ1) is 13.2. The SMILES string of the molecule is C=CC(=O)CCc1ccc(C2CCC(C3CCC(CCC)CC3)CC2)cc1. The van der Waals surface area contributed by atoms with Crippen molar-refractivity contribution in [3.05, 3.63) is 48.0 Å². The van der Waals surface area contributed by atoms with Crippen molar-refractivity contribution in [3.8, 4) is 0 Å². The van der Waals surface area contributed by atoms with E-state index < -0.39 is 0 Å². The number of carbonyl (C=O) groups is 1. The van der Waals surface area contributed by atoms with Crippen LogP contribution in [0.15, 0.2) is 36.9 Å². The van der Waals surface area contributed by atoms with Crippen molar-refractivity contribution in [2.75, 3.05) is 0 Å². The summed E-state index contributed by atoms with van der Waals surface area (Å²) in [5, 5.41) is 0. The van der Waals surface area contributed by atoms with Gasteiger partial charge in [-0.05, 0) is 85.8 Å². The minimum atomic E-state index is 0.140. The number of benzene rings is 1. The number of allylic oxidation sites excluding steroid dienone is 1. The maximum Gasteiger partial charge on any atom is 0.155 e. The minimum absolute atomic E-state index is 0.140. The molecule has 1 nitrogen and oxygen atoms in total. The van der Waals surface area contributed by atoms with Crippen LogP contribution in [0, 0.1) is 17.8 Å². The van der Waals surface area contributed by atoms with E-state index in [1.165, 1.54) is 81.4 Å². The molecule has 0 bridgehead atoms. The fourth-order valence-electron chi connectivity index (χ4n) is 5.61. The molecular weight excluding hydrogens is 328 g/mol. The molecule has 148 valence electrons. The van der Waals surface area contributed by atoms with Crippen LogP contribution in [-0.2, 0) is 11.2 Å². The Kier molecular flexibility index (Phi) is 7.73. The van der Waals surface area contributed by atoms with Crippen LogP contribution in [0.25, 0.3) is 0 Å². The lowest BCUT2D eigenvalue weighted by atomic mass is 9.68.